The molecule has 2 aromatic heterocycles. The van der Waals surface area contributed by atoms with Crippen molar-refractivity contribution in [2.45, 2.75) is 19.4 Å². The number of rotatable bonds is 4. The maximum atomic E-state index is 13.7. The summed E-state index contributed by atoms with van der Waals surface area (Å²) in [6, 6.07) is 4.21. The number of aromatic nitrogens is 2. The van der Waals surface area contributed by atoms with Gasteiger partial charge in [0.2, 0.25) is 5.43 Å². The summed E-state index contributed by atoms with van der Waals surface area (Å²) in [5.41, 5.74) is 0.321. The maximum absolute atomic E-state index is 13.7. The zero-order valence-corrected chi connectivity index (χ0v) is 14.7. The monoisotopic (exact) mass is 372 g/mol. The molecule has 134 valence electrons. The van der Waals surface area contributed by atoms with Gasteiger partial charge >= 0.3 is 0 Å². The highest BCUT2D eigenvalue weighted by Crippen LogP contribution is 2.24. The van der Waals surface area contributed by atoms with E-state index < -0.39 is 17.2 Å². The lowest BCUT2D eigenvalue weighted by Gasteiger charge is -2.12. The van der Waals surface area contributed by atoms with E-state index in [4.69, 9.17) is 0 Å². The largest absolute Gasteiger partial charge is 0.358 e. The Kier molecular flexibility index (Phi) is 4.42. The van der Waals surface area contributed by atoms with Crippen molar-refractivity contribution in [3.8, 4) is 0 Å². The Morgan fingerprint density at radius 2 is 2.15 bits per heavy atom. The average molecular weight is 372 g/mol. The highest BCUT2D eigenvalue weighted by molar-refractivity contribution is 7.13. The Morgan fingerprint density at radius 3 is 2.96 bits per heavy atom. The number of pyridine rings is 1. The summed E-state index contributed by atoms with van der Waals surface area (Å²) >= 11 is 1.55. The number of nitrogens with one attached hydrogen (secondary N) is 2. The summed E-state index contributed by atoms with van der Waals surface area (Å²) in [5.74, 6) is -1.03. The quantitative estimate of drug-likeness (QED) is 0.738. The van der Waals surface area contributed by atoms with Gasteiger partial charge in [-0.3, -0.25) is 9.59 Å². The van der Waals surface area contributed by atoms with E-state index in [1.165, 1.54) is 37.2 Å². The van der Waals surface area contributed by atoms with Crippen molar-refractivity contribution in [3.63, 3.8) is 0 Å². The lowest BCUT2D eigenvalue weighted by atomic mass is 10.1. The minimum Gasteiger partial charge on any atom is -0.358 e. The molecule has 1 aromatic carbocycles. The van der Waals surface area contributed by atoms with Gasteiger partial charge < -0.3 is 15.2 Å². The van der Waals surface area contributed by atoms with Gasteiger partial charge in [0.15, 0.2) is 5.13 Å². The van der Waals surface area contributed by atoms with Crippen molar-refractivity contribution < 1.29 is 9.18 Å². The zero-order chi connectivity index (χ0) is 18.1. The first kappa shape index (κ1) is 16.7. The van der Waals surface area contributed by atoms with E-state index >= 15 is 0 Å². The molecule has 0 spiro atoms. The van der Waals surface area contributed by atoms with Crippen molar-refractivity contribution in [1.29, 1.82) is 0 Å². The second-order valence-corrected chi connectivity index (χ2v) is 7.03. The van der Waals surface area contributed by atoms with E-state index in [1.807, 2.05) is 5.38 Å². The van der Waals surface area contributed by atoms with Crippen LogP contribution < -0.4 is 15.6 Å². The maximum Gasteiger partial charge on any atom is 0.257 e. The number of nitrogens with zero attached hydrogens (tertiary/aromatic N) is 2. The third kappa shape index (κ3) is 3.08. The number of para-hydroxylation sites is 1. The Balaban J connectivity index is 1.49. The Hall–Kier alpha value is -2.74. The minimum atomic E-state index is -0.525. The van der Waals surface area contributed by atoms with Gasteiger partial charge in [-0.05, 0) is 25.0 Å². The molecule has 1 fully saturated rings. The molecule has 3 aromatic rings. The Labute approximate surface area is 152 Å². The van der Waals surface area contributed by atoms with Crippen molar-refractivity contribution in [2.24, 2.45) is 0 Å². The number of hydrogen-bond donors (Lipinski definition) is 2. The van der Waals surface area contributed by atoms with E-state index in [0.717, 1.165) is 23.9 Å². The highest BCUT2D eigenvalue weighted by atomic mass is 32.1. The molecule has 0 saturated carbocycles. The van der Waals surface area contributed by atoms with Gasteiger partial charge in [-0.1, -0.05) is 6.07 Å². The summed E-state index contributed by atoms with van der Waals surface area (Å²) < 4.78 is 13.7. The van der Waals surface area contributed by atoms with Gasteiger partial charge in [0, 0.05) is 30.1 Å². The van der Waals surface area contributed by atoms with E-state index in [2.05, 4.69) is 20.2 Å². The molecule has 0 bridgehead atoms. The number of H-pyrrole nitrogens is 1. The van der Waals surface area contributed by atoms with Crippen LogP contribution in [0.1, 0.15) is 28.9 Å². The molecule has 0 atom stereocenters. The molecule has 3 heterocycles. The fraction of sp³-hybridized carbons (Fsp3) is 0.278. The lowest BCUT2D eigenvalue weighted by Crippen LogP contribution is -2.28. The van der Waals surface area contributed by atoms with Crippen LogP contribution in [0, 0.1) is 5.82 Å². The SMILES string of the molecule is O=C(NCc1csc(N2CCCC2)n1)c1c[nH]c2c(F)cccc2c1=O. The molecule has 1 aliphatic heterocycles. The van der Waals surface area contributed by atoms with Gasteiger partial charge in [-0.15, -0.1) is 11.3 Å². The van der Waals surface area contributed by atoms with Crippen LogP contribution in [0.15, 0.2) is 34.6 Å². The summed E-state index contributed by atoms with van der Waals surface area (Å²) in [6.07, 6.45) is 3.60. The normalized spacial score (nSPS) is 14.1. The fourth-order valence-electron chi connectivity index (χ4n) is 3.08. The predicted octanol–water partition coefficient (Wildman–Crippen LogP) is 2.65. The number of carbonyl (C=O) groups excluding carboxylic acids is 1. The highest BCUT2D eigenvalue weighted by Gasteiger charge is 2.17. The summed E-state index contributed by atoms with van der Waals surface area (Å²) in [6.45, 7) is 2.27. The van der Waals surface area contributed by atoms with Crippen LogP contribution >= 0.6 is 11.3 Å². The number of hydrogen-bond acceptors (Lipinski definition) is 5. The van der Waals surface area contributed by atoms with Crippen LogP contribution in [0.5, 0.6) is 0 Å². The van der Waals surface area contributed by atoms with Crippen molar-refractivity contribution in [2.75, 3.05) is 18.0 Å². The number of benzene rings is 1. The first-order chi connectivity index (χ1) is 12.6. The van der Waals surface area contributed by atoms with E-state index in [-0.39, 0.29) is 23.0 Å². The van der Waals surface area contributed by atoms with E-state index in [0.29, 0.717) is 0 Å². The van der Waals surface area contributed by atoms with Crippen molar-refractivity contribution in [3.05, 3.63) is 57.1 Å². The molecule has 0 radical (unpaired) electrons. The number of halogens is 1. The molecular weight excluding hydrogens is 355 g/mol. The van der Waals surface area contributed by atoms with Gasteiger partial charge in [-0.2, -0.15) is 0 Å². The molecule has 0 unspecified atom stereocenters. The number of amides is 1. The van der Waals surface area contributed by atoms with E-state index in [9.17, 15) is 14.0 Å². The number of fused-ring (bicyclic) bond motifs is 1. The Morgan fingerprint density at radius 1 is 1.35 bits per heavy atom. The molecule has 8 heteroatoms. The first-order valence-electron chi connectivity index (χ1n) is 8.41. The third-order valence-corrected chi connectivity index (χ3v) is 5.40. The van der Waals surface area contributed by atoms with Crippen LogP contribution in [-0.2, 0) is 6.54 Å². The molecule has 6 nitrogen and oxygen atoms in total. The molecule has 26 heavy (non-hydrogen) atoms. The molecule has 1 saturated heterocycles. The number of anilines is 1. The number of aromatic amines is 1. The molecule has 1 aliphatic rings. The van der Waals surface area contributed by atoms with Crippen LogP contribution in [0.25, 0.3) is 10.9 Å². The van der Waals surface area contributed by atoms with Gasteiger partial charge in [0.25, 0.3) is 5.91 Å². The second kappa shape index (κ2) is 6.87. The fourth-order valence-corrected chi connectivity index (χ4v) is 3.96. The van der Waals surface area contributed by atoms with Crippen LogP contribution in [0.2, 0.25) is 0 Å². The van der Waals surface area contributed by atoms with Crippen molar-refractivity contribution >= 4 is 33.3 Å². The topological polar surface area (TPSA) is 78.1 Å². The molecule has 4 rings (SSSR count). The standard InChI is InChI=1S/C18H17FN4O2S/c19-14-5-3-4-12-15(14)20-9-13(16(12)24)17(25)21-8-11-10-26-18(22-11)23-6-1-2-7-23/h3-5,9-10H,1-2,6-8H2,(H,20,24)(H,21,25). The van der Waals surface area contributed by atoms with Crippen LogP contribution in [0.3, 0.4) is 0 Å². The van der Waals surface area contributed by atoms with E-state index in [1.54, 1.807) is 11.3 Å². The predicted molar refractivity (Wildman–Crippen MR) is 99.3 cm³/mol. The number of carbonyl (C=O) groups is 1. The van der Waals surface area contributed by atoms with Gasteiger partial charge in [-0.25, -0.2) is 9.37 Å². The lowest BCUT2D eigenvalue weighted by molar-refractivity contribution is 0.0949. The summed E-state index contributed by atoms with van der Waals surface area (Å²) in [5, 5.41) is 5.74. The second-order valence-electron chi connectivity index (χ2n) is 6.19. The van der Waals surface area contributed by atoms with Crippen molar-refractivity contribution in [1.82, 2.24) is 15.3 Å². The summed E-state index contributed by atoms with van der Waals surface area (Å²) in [4.78, 5) is 34.3. The third-order valence-electron chi connectivity index (χ3n) is 4.45. The molecule has 2 N–H and O–H groups in total. The first-order valence-corrected chi connectivity index (χ1v) is 9.29. The number of thiazole rings is 1. The minimum absolute atomic E-state index is 0.0434. The average Bonchev–Trinajstić information content (AvgIpc) is 3.32. The Bertz CT molecular complexity index is 1020. The van der Waals surface area contributed by atoms with Gasteiger partial charge in [0.05, 0.1) is 17.8 Å². The molecular formula is C18H17FN4O2S. The van der Waals surface area contributed by atoms with Gasteiger partial charge in [0.1, 0.15) is 11.4 Å². The zero-order valence-electron chi connectivity index (χ0n) is 13.9. The smallest absolute Gasteiger partial charge is 0.257 e. The molecule has 1 amide bonds. The van der Waals surface area contributed by atoms with Crippen LogP contribution in [-0.4, -0.2) is 29.0 Å². The molecule has 0 aliphatic carbocycles. The summed E-state index contributed by atoms with van der Waals surface area (Å²) in [7, 11) is 0. The van der Waals surface area contributed by atoms with Crippen LogP contribution in [0.4, 0.5) is 9.52 Å².